The Morgan fingerprint density at radius 3 is 2.57 bits per heavy atom. The van der Waals surface area contributed by atoms with E-state index in [0.717, 1.165) is 11.3 Å². The average molecular weight is 293 g/mol. The minimum Gasteiger partial charge on any atom is -0.398 e. The summed E-state index contributed by atoms with van der Waals surface area (Å²) in [7, 11) is 1.91. The molecule has 0 aliphatic carbocycles. The van der Waals surface area contributed by atoms with Gasteiger partial charge in [0.1, 0.15) is 0 Å². The van der Waals surface area contributed by atoms with Crippen LogP contribution >= 0.6 is 0 Å². The molecule has 3 nitrogen and oxygen atoms in total. The van der Waals surface area contributed by atoms with E-state index < -0.39 is 6.43 Å². The number of nitrogens with zero attached hydrogens (tertiary/aromatic N) is 1. The summed E-state index contributed by atoms with van der Waals surface area (Å²) >= 11 is 0. The Bertz CT molecular complexity index is 573. The summed E-state index contributed by atoms with van der Waals surface area (Å²) in [4.78, 5) is 0. The topological polar surface area (TPSA) is 57.0 Å². The van der Waals surface area contributed by atoms with Crippen LogP contribution in [-0.2, 0) is 7.05 Å². The number of allylic oxidation sites excluding steroid dienone is 5. The first-order chi connectivity index (χ1) is 9.86. The van der Waals surface area contributed by atoms with Crippen LogP contribution in [0.25, 0.3) is 5.70 Å². The van der Waals surface area contributed by atoms with Gasteiger partial charge in [0.25, 0.3) is 6.43 Å². The highest BCUT2D eigenvalue weighted by Crippen LogP contribution is 2.19. The molecular weight excluding hydrogens is 272 g/mol. The maximum absolute atomic E-state index is 12.7. The molecule has 4 N–H and O–H groups in total. The third-order valence-corrected chi connectivity index (χ3v) is 3.10. The first-order valence-corrected chi connectivity index (χ1v) is 6.51. The molecule has 0 spiro atoms. The Balaban J connectivity index is 3.07. The van der Waals surface area contributed by atoms with Gasteiger partial charge in [-0.05, 0) is 24.6 Å². The number of aromatic nitrogens is 1. The van der Waals surface area contributed by atoms with Crippen LogP contribution in [0.4, 0.5) is 8.78 Å². The molecule has 1 aromatic heterocycles. The monoisotopic (exact) mass is 293 g/mol. The lowest BCUT2D eigenvalue weighted by molar-refractivity contribution is 0.193. The Hall–Kier alpha value is -2.14. The Morgan fingerprint density at radius 2 is 2.10 bits per heavy atom. The van der Waals surface area contributed by atoms with Crippen molar-refractivity contribution < 1.29 is 8.78 Å². The molecule has 21 heavy (non-hydrogen) atoms. The van der Waals surface area contributed by atoms with Gasteiger partial charge in [0, 0.05) is 42.3 Å². The molecule has 0 aliphatic rings. The molecule has 1 heterocycles. The second-order valence-electron chi connectivity index (χ2n) is 4.69. The molecule has 114 valence electrons. The summed E-state index contributed by atoms with van der Waals surface area (Å²) < 4.78 is 27.4. The zero-order chi connectivity index (χ0) is 16.0. The van der Waals surface area contributed by atoms with Gasteiger partial charge >= 0.3 is 0 Å². The highest BCUT2D eigenvalue weighted by atomic mass is 19.3. The number of hydrogen-bond acceptors (Lipinski definition) is 2. The van der Waals surface area contributed by atoms with Crippen molar-refractivity contribution in [2.45, 2.75) is 13.3 Å². The van der Waals surface area contributed by atoms with E-state index >= 15 is 0 Å². The van der Waals surface area contributed by atoms with E-state index in [4.69, 9.17) is 11.5 Å². The standard InChI is InChI=1S/C16H21F2N3/c1-11-9-14(10-21(11)3)15(20)7-6-13(5-4-8-19)12(2)16(17)18/h4-7,9-10,16H,2,8,19-20H2,1,3H3/b5-4-,13-6-,15-7-. The fourth-order valence-corrected chi connectivity index (χ4v) is 1.70. The smallest absolute Gasteiger partial charge is 0.263 e. The molecule has 0 saturated carbocycles. The van der Waals surface area contributed by atoms with Crippen molar-refractivity contribution >= 4 is 5.70 Å². The lowest BCUT2D eigenvalue weighted by Crippen LogP contribution is -2.00. The lowest BCUT2D eigenvalue weighted by atomic mass is 10.1. The number of halogens is 2. The van der Waals surface area contributed by atoms with Crippen molar-refractivity contribution in [1.82, 2.24) is 4.57 Å². The highest BCUT2D eigenvalue weighted by Gasteiger charge is 2.11. The van der Waals surface area contributed by atoms with Crippen LogP contribution in [0.15, 0.2) is 54.3 Å². The first-order valence-electron chi connectivity index (χ1n) is 6.51. The molecule has 0 bridgehead atoms. The minimum atomic E-state index is -2.62. The molecule has 0 saturated heterocycles. The van der Waals surface area contributed by atoms with Crippen LogP contribution in [0.3, 0.4) is 0 Å². The number of nitrogens with two attached hydrogens (primary N) is 2. The summed E-state index contributed by atoms with van der Waals surface area (Å²) in [6, 6.07) is 1.93. The first kappa shape index (κ1) is 16.9. The van der Waals surface area contributed by atoms with E-state index in [2.05, 4.69) is 6.58 Å². The zero-order valence-corrected chi connectivity index (χ0v) is 12.3. The van der Waals surface area contributed by atoms with Gasteiger partial charge in [0.15, 0.2) is 0 Å². The predicted molar refractivity (Wildman–Crippen MR) is 83.7 cm³/mol. The van der Waals surface area contributed by atoms with Crippen molar-refractivity contribution in [1.29, 1.82) is 0 Å². The molecule has 0 fully saturated rings. The molecule has 0 aromatic carbocycles. The van der Waals surface area contributed by atoms with Crippen molar-refractivity contribution in [3.8, 4) is 0 Å². The Morgan fingerprint density at radius 1 is 1.43 bits per heavy atom. The fourth-order valence-electron chi connectivity index (χ4n) is 1.70. The molecule has 0 atom stereocenters. The molecule has 1 aromatic rings. The van der Waals surface area contributed by atoms with E-state index in [1.165, 1.54) is 12.2 Å². The van der Waals surface area contributed by atoms with Gasteiger partial charge in [0.2, 0.25) is 0 Å². The average Bonchev–Trinajstić information content (AvgIpc) is 2.78. The van der Waals surface area contributed by atoms with Gasteiger partial charge < -0.3 is 16.0 Å². The summed E-state index contributed by atoms with van der Waals surface area (Å²) in [5.41, 5.74) is 13.8. The third kappa shape index (κ3) is 4.72. The van der Waals surface area contributed by atoms with Crippen LogP contribution in [0.2, 0.25) is 0 Å². The van der Waals surface area contributed by atoms with E-state index in [1.54, 1.807) is 12.2 Å². The van der Waals surface area contributed by atoms with E-state index in [9.17, 15) is 8.78 Å². The largest absolute Gasteiger partial charge is 0.398 e. The quantitative estimate of drug-likeness (QED) is 0.792. The number of alkyl halides is 2. The Kier molecular flexibility index (Phi) is 6.11. The van der Waals surface area contributed by atoms with Crippen LogP contribution in [0, 0.1) is 6.92 Å². The van der Waals surface area contributed by atoms with Crippen molar-refractivity contribution in [2.24, 2.45) is 18.5 Å². The minimum absolute atomic E-state index is 0.256. The molecule has 0 unspecified atom stereocenters. The Labute approximate surface area is 123 Å². The summed E-state index contributed by atoms with van der Waals surface area (Å²) in [5.74, 6) is 0. The van der Waals surface area contributed by atoms with Gasteiger partial charge in [-0.1, -0.05) is 24.8 Å². The van der Waals surface area contributed by atoms with Gasteiger partial charge in [-0.3, -0.25) is 0 Å². The van der Waals surface area contributed by atoms with Crippen molar-refractivity contribution in [3.63, 3.8) is 0 Å². The summed E-state index contributed by atoms with van der Waals surface area (Å²) in [5, 5.41) is 0. The van der Waals surface area contributed by atoms with Gasteiger partial charge in [-0.25, -0.2) is 8.78 Å². The molecular formula is C16H21F2N3. The molecule has 0 amide bonds. The summed E-state index contributed by atoms with van der Waals surface area (Å²) in [6.07, 6.45) is 5.50. The van der Waals surface area contributed by atoms with Crippen molar-refractivity contribution in [2.75, 3.05) is 6.54 Å². The second-order valence-corrected chi connectivity index (χ2v) is 4.69. The van der Waals surface area contributed by atoms with Gasteiger partial charge in [-0.15, -0.1) is 0 Å². The maximum Gasteiger partial charge on any atom is 0.263 e. The van der Waals surface area contributed by atoms with Crippen LogP contribution in [0.5, 0.6) is 0 Å². The molecule has 0 radical (unpaired) electrons. The van der Waals surface area contributed by atoms with Gasteiger partial charge in [-0.2, -0.15) is 0 Å². The fraction of sp³-hybridized carbons (Fsp3) is 0.250. The number of aryl methyl sites for hydroxylation is 2. The van der Waals surface area contributed by atoms with Crippen LogP contribution in [-0.4, -0.2) is 17.5 Å². The van der Waals surface area contributed by atoms with E-state index in [-0.39, 0.29) is 12.1 Å². The summed E-state index contributed by atoms with van der Waals surface area (Å²) in [6.45, 7) is 5.62. The third-order valence-electron chi connectivity index (χ3n) is 3.10. The second kappa shape index (κ2) is 7.59. The number of hydrogen-bond donors (Lipinski definition) is 2. The maximum atomic E-state index is 12.7. The molecule has 0 aliphatic heterocycles. The van der Waals surface area contributed by atoms with Crippen LogP contribution in [0.1, 0.15) is 11.3 Å². The molecule has 5 heteroatoms. The normalized spacial score (nSPS) is 13.4. The molecule has 1 rings (SSSR count). The SMILES string of the molecule is C=C(C(/C=C\CN)=C\C=C(/N)c1cc(C)n(C)c1)C(F)F. The lowest BCUT2D eigenvalue weighted by Gasteiger charge is -2.05. The predicted octanol–water partition coefficient (Wildman–Crippen LogP) is 2.90. The van der Waals surface area contributed by atoms with Gasteiger partial charge in [0.05, 0.1) is 0 Å². The highest BCUT2D eigenvalue weighted by molar-refractivity contribution is 5.65. The number of rotatable bonds is 6. The van der Waals surface area contributed by atoms with Crippen molar-refractivity contribution in [3.05, 3.63) is 65.5 Å². The van der Waals surface area contributed by atoms with E-state index in [1.807, 2.05) is 30.8 Å². The zero-order valence-electron chi connectivity index (χ0n) is 12.3. The van der Waals surface area contributed by atoms with E-state index in [0.29, 0.717) is 11.3 Å². The van der Waals surface area contributed by atoms with Crippen LogP contribution < -0.4 is 11.5 Å².